The van der Waals surface area contributed by atoms with Crippen LogP contribution in [0.4, 0.5) is 5.69 Å². The lowest BCUT2D eigenvalue weighted by Gasteiger charge is -2.55. The molecule has 140 valence electrons. The van der Waals surface area contributed by atoms with Crippen LogP contribution in [0.2, 0.25) is 0 Å². The molecule has 4 heteroatoms. The van der Waals surface area contributed by atoms with E-state index in [0.717, 1.165) is 53.8 Å². The van der Waals surface area contributed by atoms with Gasteiger partial charge in [-0.3, -0.25) is 9.59 Å². The lowest BCUT2D eigenvalue weighted by atomic mass is 9.49. The lowest BCUT2D eigenvalue weighted by molar-refractivity contribution is -0.147. The number of carbonyl (C=O) groups excluding carboxylic acids is 2. The summed E-state index contributed by atoms with van der Waals surface area (Å²) in [5.74, 6) is 2.15. The molecule has 4 aliphatic rings. The van der Waals surface area contributed by atoms with Gasteiger partial charge in [0, 0.05) is 11.1 Å². The number of anilines is 1. The topological polar surface area (TPSA) is 58.2 Å². The Balaban J connectivity index is 1.40. The average Bonchev–Trinajstić information content (AvgIpc) is 2.52. The summed E-state index contributed by atoms with van der Waals surface area (Å²) in [6, 6.07) is 5.47. The van der Waals surface area contributed by atoms with Crippen molar-refractivity contribution in [3.05, 3.63) is 29.3 Å². The third-order valence-corrected chi connectivity index (χ3v) is 6.75. The number of amides is 2. The largest absolute Gasteiger partial charge is 0.344 e. The Morgan fingerprint density at radius 3 is 1.96 bits per heavy atom. The molecular formula is C22H30N2O2. The molecule has 0 aromatic heterocycles. The molecular weight excluding hydrogens is 324 g/mol. The zero-order chi connectivity index (χ0) is 18.5. The summed E-state index contributed by atoms with van der Waals surface area (Å²) in [5, 5.41) is 5.98. The van der Waals surface area contributed by atoms with E-state index in [1.807, 2.05) is 26.0 Å². The van der Waals surface area contributed by atoms with Crippen LogP contribution in [-0.2, 0) is 9.59 Å². The first-order valence-corrected chi connectivity index (χ1v) is 10.0. The van der Waals surface area contributed by atoms with Gasteiger partial charge in [0.15, 0.2) is 0 Å². The lowest BCUT2D eigenvalue weighted by Crippen LogP contribution is -2.56. The number of carbonyl (C=O) groups is 2. The van der Waals surface area contributed by atoms with E-state index in [1.165, 1.54) is 19.3 Å². The third kappa shape index (κ3) is 3.26. The van der Waals surface area contributed by atoms with E-state index in [4.69, 9.17) is 0 Å². The van der Waals surface area contributed by atoms with Gasteiger partial charge in [-0.15, -0.1) is 0 Å². The normalized spacial score (nSPS) is 33.0. The van der Waals surface area contributed by atoms with Gasteiger partial charge in [-0.2, -0.15) is 0 Å². The summed E-state index contributed by atoms with van der Waals surface area (Å²) < 4.78 is 0. The van der Waals surface area contributed by atoms with Crippen LogP contribution in [0.15, 0.2) is 18.2 Å². The molecule has 1 unspecified atom stereocenters. The Morgan fingerprint density at radius 1 is 0.962 bits per heavy atom. The monoisotopic (exact) mass is 354 g/mol. The highest BCUT2D eigenvalue weighted by Gasteiger charge is 2.54. The number of nitrogens with one attached hydrogen (secondary N) is 2. The Morgan fingerprint density at radius 2 is 1.46 bits per heavy atom. The smallest absolute Gasteiger partial charge is 0.246 e. The molecule has 0 saturated heterocycles. The predicted molar refractivity (Wildman–Crippen MR) is 103 cm³/mol. The van der Waals surface area contributed by atoms with Crippen molar-refractivity contribution in [1.82, 2.24) is 5.32 Å². The molecule has 4 bridgehead atoms. The van der Waals surface area contributed by atoms with Gasteiger partial charge in [0.2, 0.25) is 11.8 Å². The average molecular weight is 354 g/mol. The van der Waals surface area contributed by atoms with Gasteiger partial charge in [-0.25, -0.2) is 0 Å². The maximum Gasteiger partial charge on any atom is 0.246 e. The van der Waals surface area contributed by atoms with Crippen LogP contribution < -0.4 is 10.6 Å². The second-order valence-electron chi connectivity index (χ2n) is 9.26. The summed E-state index contributed by atoms with van der Waals surface area (Å²) in [6.07, 6.45) is 7.02. The fourth-order valence-electron chi connectivity index (χ4n) is 6.10. The summed E-state index contributed by atoms with van der Waals surface area (Å²) in [4.78, 5) is 25.7. The Kier molecular flexibility index (Phi) is 4.32. The van der Waals surface area contributed by atoms with E-state index in [0.29, 0.717) is 0 Å². The number of hydrogen-bond acceptors (Lipinski definition) is 2. The molecule has 2 N–H and O–H groups in total. The molecule has 4 saturated carbocycles. The highest BCUT2D eigenvalue weighted by molar-refractivity contribution is 5.97. The van der Waals surface area contributed by atoms with E-state index in [2.05, 4.69) is 16.7 Å². The summed E-state index contributed by atoms with van der Waals surface area (Å²) in [7, 11) is 0. The van der Waals surface area contributed by atoms with Crippen molar-refractivity contribution in [2.24, 2.45) is 23.2 Å². The molecule has 0 spiro atoms. The molecule has 4 nitrogen and oxygen atoms in total. The quantitative estimate of drug-likeness (QED) is 0.860. The maximum absolute atomic E-state index is 13.1. The number of hydrogen-bond donors (Lipinski definition) is 2. The fraction of sp³-hybridized carbons (Fsp3) is 0.636. The van der Waals surface area contributed by atoms with Crippen molar-refractivity contribution in [3.8, 4) is 0 Å². The van der Waals surface area contributed by atoms with Gasteiger partial charge in [-0.1, -0.05) is 6.07 Å². The molecule has 1 atom stereocenters. The number of rotatable bonds is 4. The van der Waals surface area contributed by atoms with Crippen molar-refractivity contribution >= 4 is 17.5 Å². The Bertz CT molecular complexity index is 684. The minimum absolute atomic E-state index is 0.111. The van der Waals surface area contributed by atoms with E-state index in [-0.39, 0.29) is 17.2 Å². The van der Waals surface area contributed by atoms with Crippen LogP contribution >= 0.6 is 0 Å². The third-order valence-electron chi connectivity index (χ3n) is 6.75. The minimum Gasteiger partial charge on any atom is -0.344 e. The minimum atomic E-state index is -0.517. The summed E-state index contributed by atoms with van der Waals surface area (Å²) in [6.45, 7) is 5.82. The van der Waals surface area contributed by atoms with E-state index in [9.17, 15) is 9.59 Å². The molecule has 0 radical (unpaired) electrons. The van der Waals surface area contributed by atoms with Crippen molar-refractivity contribution < 1.29 is 9.59 Å². The molecule has 0 heterocycles. The number of benzene rings is 1. The van der Waals surface area contributed by atoms with Gasteiger partial charge in [0.1, 0.15) is 6.04 Å². The van der Waals surface area contributed by atoms with Gasteiger partial charge >= 0.3 is 0 Å². The summed E-state index contributed by atoms with van der Waals surface area (Å²) >= 11 is 0. The van der Waals surface area contributed by atoms with Crippen molar-refractivity contribution in [1.29, 1.82) is 0 Å². The number of aryl methyl sites for hydroxylation is 2. The molecule has 1 aromatic rings. The van der Waals surface area contributed by atoms with Gasteiger partial charge in [-0.05, 0) is 100 Å². The van der Waals surface area contributed by atoms with Crippen LogP contribution in [0.25, 0.3) is 0 Å². The summed E-state index contributed by atoms with van der Waals surface area (Å²) in [5.41, 5.74) is 2.82. The second kappa shape index (κ2) is 6.40. The van der Waals surface area contributed by atoms with Crippen LogP contribution in [-0.4, -0.2) is 17.9 Å². The van der Waals surface area contributed by atoms with E-state index >= 15 is 0 Å². The molecule has 2 amide bonds. The van der Waals surface area contributed by atoms with Crippen molar-refractivity contribution in [2.75, 3.05) is 5.32 Å². The van der Waals surface area contributed by atoms with Crippen LogP contribution in [0.5, 0.6) is 0 Å². The molecule has 4 aliphatic carbocycles. The molecule has 4 fully saturated rings. The zero-order valence-corrected chi connectivity index (χ0v) is 16.1. The first-order valence-electron chi connectivity index (χ1n) is 10.0. The fourth-order valence-corrected chi connectivity index (χ4v) is 6.10. The molecule has 1 aromatic carbocycles. The van der Waals surface area contributed by atoms with Crippen molar-refractivity contribution in [2.45, 2.75) is 65.3 Å². The Hall–Kier alpha value is -1.84. The zero-order valence-electron chi connectivity index (χ0n) is 16.1. The SMILES string of the molecule is Cc1cc(C)cc(NC(=O)C(C)NC(=O)C23CC4CC(CC(C4)C2)C3)c1. The predicted octanol–water partition coefficient (Wildman–Crippen LogP) is 3.96. The van der Waals surface area contributed by atoms with Gasteiger partial charge in [0.05, 0.1) is 0 Å². The van der Waals surface area contributed by atoms with E-state index in [1.54, 1.807) is 6.92 Å². The second-order valence-corrected chi connectivity index (χ2v) is 9.26. The van der Waals surface area contributed by atoms with Crippen LogP contribution in [0, 0.1) is 37.0 Å². The van der Waals surface area contributed by atoms with Crippen LogP contribution in [0.3, 0.4) is 0 Å². The van der Waals surface area contributed by atoms with Gasteiger partial charge in [0.25, 0.3) is 0 Å². The molecule has 0 aliphatic heterocycles. The standard InChI is InChI=1S/C22H30N2O2/c1-13-4-14(2)6-19(5-13)24-20(25)15(3)23-21(26)22-10-16-7-17(11-22)9-18(8-16)12-22/h4-6,15-18H,7-12H2,1-3H3,(H,23,26)(H,24,25). The van der Waals surface area contributed by atoms with E-state index < -0.39 is 6.04 Å². The molecule has 5 rings (SSSR count). The highest BCUT2D eigenvalue weighted by Crippen LogP contribution is 2.60. The Labute approximate surface area is 156 Å². The first-order chi connectivity index (χ1) is 12.3. The molecule has 26 heavy (non-hydrogen) atoms. The first kappa shape index (κ1) is 17.6. The van der Waals surface area contributed by atoms with Gasteiger partial charge < -0.3 is 10.6 Å². The van der Waals surface area contributed by atoms with Crippen LogP contribution in [0.1, 0.15) is 56.6 Å². The van der Waals surface area contributed by atoms with Crippen molar-refractivity contribution in [3.63, 3.8) is 0 Å². The highest BCUT2D eigenvalue weighted by atomic mass is 16.2. The maximum atomic E-state index is 13.1.